The molecule has 0 aliphatic carbocycles. The van der Waals surface area contributed by atoms with Crippen LogP contribution >= 0.6 is 0 Å². The number of allylic oxidation sites excluding steroid dienone is 1. The lowest BCUT2D eigenvalue weighted by atomic mass is 10.3. The average molecular weight is 172 g/mol. The number of hydrazine groups is 1. The summed E-state index contributed by atoms with van der Waals surface area (Å²) in [7, 11) is 3.59. The first-order valence-electron chi connectivity index (χ1n) is 4.32. The summed E-state index contributed by atoms with van der Waals surface area (Å²) in [5.41, 5.74) is 4.02. The Hall–Kier alpha value is -0.540. The van der Waals surface area contributed by atoms with Crippen LogP contribution in [-0.4, -0.2) is 25.4 Å². The summed E-state index contributed by atoms with van der Waals surface area (Å²) in [5, 5.41) is 1.93. The largest absolute Gasteiger partial charge is 0.360 e. The van der Waals surface area contributed by atoms with Crippen LogP contribution in [-0.2, 0) is 4.74 Å². The van der Waals surface area contributed by atoms with E-state index in [1.54, 1.807) is 7.11 Å². The molecule has 1 N–H and O–H groups in total. The Bertz CT molecular complexity index is 136. The fourth-order valence-electron chi connectivity index (χ4n) is 1.18. The van der Waals surface area contributed by atoms with E-state index < -0.39 is 0 Å². The monoisotopic (exact) mass is 172 g/mol. The third-order valence-electron chi connectivity index (χ3n) is 1.75. The van der Waals surface area contributed by atoms with Gasteiger partial charge in [0.05, 0.1) is 0 Å². The molecule has 0 bridgehead atoms. The van der Waals surface area contributed by atoms with Crippen molar-refractivity contribution in [2.45, 2.75) is 32.9 Å². The predicted octanol–water partition coefficient (Wildman–Crippen LogP) is 1.73. The summed E-state index contributed by atoms with van der Waals surface area (Å²) in [6, 6.07) is 0. The van der Waals surface area contributed by atoms with Crippen molar-refractivity contribution in [1.29, 1.82) is 0 Å². The van der Waals surface area contributed by atoms with Crippen molar-refractivity contribution in [3.63, 3.8) is 0 Å². The van der Waals surface area contributed by atoms with E-state index in [0.717, 1.165) is 18.5 Å². The highest BCUT2D eigenvalue weighted by molar-refractivity contribution is 4.87. The second-order valence-electron chi connectivity index (χ2n) is 2.81. The predicted molar refractivity (Wildman–Crippen MR) is 51.4 cm³/mol. The van der Waals surface area contributed by atoms with Crippen molar-refractivity contribution in [3.05, 3.63) is 12.3 Å². The Morgan fingerprint density at radius 2 is 2.25 bits per heavy atom. The van der Waals surface area contributed by atoms with Gasteiger partial charge in [0.1, 0.15) is 6.23 Å². The summed E-state index contributed by atoms with van der Waals surface area (Å²) < 4.78 is 5.31. The maximum Gasteiger partial charge on any atom is 0.143 e. The van der Waals surface area contributed by atoms with Gasteiger partial charge in [0, 0.05) is 19.9 Å². The molecule has 0 rings (SSSR count). The molecule has 0 aliphatic rings. The average Bonchev–Trinajstić information content (AvgIpc) is 2.03. The molecular formula is C9H20N2O. The number of hydrogen-bond donors (Lipinski definition) is 1. The minimum atomic E-state index is 0.0949. The number of hydrogen-bond acceptors (Lipinski definition) is 3. The van der Waals surface area contributed by atoms with E-state index in [4.69, 9.17) is 4.74 Å². The van der Waals surface area contributed by atoms with E-state index in [2.05, 4.69) is 18.9 Å². The summed E-state index contributed by atoms with van der Waals surface area (Å²) in [6.45, 7) is 7.95. The van der Waals surface area contributed by atoms with E-state index in [0.29, 0.717) is 0 Å². The molecule has 12 heavy (non-hydrogen) atoms. The highest BCUT2D eigenvalue weighted by Crippen LogP contribution is 2.09. The van der Waals surface area contributed by atoms with E-state index in [9.17, 15) is 0 Å². The van der Waals surface area contributed by atoms with Crippen LogP contribution in [0.25, 0.3) is 0 Å². The van der Waals surface area contributed by atoms with Crippen molar-refractivity contribution in [3.8, 4) is 0 Å². The molecule has 0 aromatic rings. The van der Waals surface area contributed by atoms with Crippen molar-refractivity contribution >= 4 is 0 Å². The highest BCUT2D eigenvalue weighted by atomic mass is 16.5. The molecule has 0 aromatic heterocycles. The summed E-state index contributed by atoms with van der Waals surface area (Å²) in [6.07, 6.45) is 2.20. The molecule has 0 saturated heterocycles. The van der Waals surface area contributed by atoms with Gasteiger partial charge in [-0.05, 0) is 13.3 Å². The van der Waals surface area contributed by atoms with Crippen LogP contribution in [0.4, 0.5) is 0 Å². The van der Waals surface area contributed by atoms with Crippen LogP contribution in [0.5, 0.6) is 0 Å². The second kappa shape index (κ2) is 6.03. The minimum absolute atomic E-state index is 0.0949. The molecule has 3 nitrogen and oxygen atoms in total. The lowest BCUT2D eigenvalue weighted by Gasteiger charge is -2.31. The fourth-order valence-corrected chi connectivity index (χ4v) is 1.18. The van der Waals surface area contributed by atoms with Gasteiger partial charge in [-0.25, -0.2) is 5.43 Å². The number of rotatable bonds is 6. The molecule has 1 unspecified atom stereocenters. The van der Waals surface area contributed by atoms with Gasteiger partial charge in [-0.1, -0.05) is 19.9 Å². The molecule has 0 heterocycles. The molecule has 0 saturated carbocycles. The van der Waals surface area contributed by atoms with Gasteiger partial charge >= 0.3 is 0 Å². The molecule has 0 spiro atoms. The standard InChI is InChI=1S/C9H20N2O/c1-6-7-9(12-5)11(10-4)8(2)3/h9-10H,2,6-7H2,1,3-5H3. The van der Waals surface area contributed by atoms with Crippen LogP contribution in [0.3, 0.4) is 0 Å². The summed E-state index contributed by atoms with van der Waals surface area (Å²) in [5.74, 6) is 0. The lowest BCUT2D eigenvalue weighted by molar-refractivity contribution is -0.0401. The number of methoxy groups -OCH3 is 1. The molecular weight excluding hydrogens is 152 g/mol. The third-order valence-corrected chi connectivity index (χ3v) is 1.75. The van der Waals surface area contributed by atoms with Gasteiger partial charge in [0.2, 0.25) is 0 Å². The van der Waals surface area contributed by atoms with Gasteiger partial charge in [-0.3, -0.25) is 5.01 Å². The zero-order chi connectivity index (χ0) is 9.56. The van der Waals surface area contributed by atoms with Crippen molar-refractivity contribution in [1.82, 2.24) is 10.4 Å². The first kappa shape index (κ1) is 11.5. The first-order chi connectivity index (χ1) is 5.67. The maximum absolute atomic E-state index is 5.31. The molecule has 0 aliphatic heterocycles. The number of nitrogens with zero attached hydrogens (tertiary/aromatic N) is 1. The molecule has 0 fully saturated rings. The Balaban J connectivity index is 4.12. The zero-order valence-electron chi connectivity index (χ0n) is 8.55. The van der Waals surface area contributed by atoms with Crippen LogP contribution in [0.15, 0.2) is 12.3 Å². The molecule has 72 valence electrons. The molecule has 0 radical (unpaired) electrons. The summed E-state index contributed by atoms with van der Waals surface area (Å²) >= 11 is 0. The lowest BCUT2D eigenvalue weighted by Crippen LogP contribution is -2.42. The minimum Gasteiger partial charge on any atom is -0.360 e. The third kappa shape index (κ3) is 3.24. The Morgan fingerprint density at radius 3 is 2.50 bits per heavy atom. The first-order valence-corrected chi connectivity index (χ1v) is 4.32. The SMILES string of the molecule is C=C(C)N(NC)C(CCC)OC. The topological polar surface area (TPSA) is 24.5 Å². The van der Waals surface area contributed by atoms with Crippen molar-refractivity contribution in [2.75, 3.05) is 14.2 Å². The zero-order valence-corrected chi connectivity index (χ0v) is 8.55. The van der Waals surface area contributed by atoms with Crippen LogP contribution in [0, 0.1) is 0 Å². The molecule has 1 atom stereocenters. The Kier molecular flexibility index (Phi) is 5.76. The maximum atomic E-state index is 5.31. The number of nitrogens with one attached hydrogen (secondary N) is 1. The second-order valence-corrected chi connectivity index (χ2v) is 2.81. The Morgan fingerprint density at radius 1 is 1.67 bits per heavy atom. The van der Waals surface area contributed by atoms with Gasteiger partial charge in [-0.15, -0.1) is 0 Å². The quantitative estimate of drug-likeness (QED) is 0.488. The van der Waals surface area contributed by atoms with Crippen LogP contribution in [0.1, 0.15) is 26.7 Å². The van der Waals surface area contributed by atoms with Gasteiger partial charge in [0.25, 0.3) is 0 Å². The van der Waals surface area contributed by atoms with E-state index in [1.165, 1.54) is 0 Å². The van der Waals surface area contributed by atoms with E-state index >= 15 is 0 Å². The fraction of sp³-hybridized carbons (Fsp3) is 0.778. The van der Waals surface area contributed by atoms with Gasteiger partial charge < -0.3 is 4.74 Å². The smallest absolute Gasteiger partial charge is 0.143 e. The van der Waals surface area contributed by atoms with Crippen LogP contribution < -0.4 is 5.43 Å². The normalized spacial score (nSPS) is 12.7. The number of ether oxygens (including phenoxy) is 1. The van der Waals surface area contributed by atoms with E-state index in [-0.39, 0.29) is 6.23 Å². The molecule has 0 amide bonds. The van der Waals surface area contributed by atoms with Crippen molar-refractivity contribution < 1.29 is 4.74 Å². The van der Waals surface area contributed by atoms with Gasteiger partial charge in [0.15, 0.2) is 0 Å². The van der Waals surface area contributed by atoms with Crippen molar-refractivity contribution in [2.24, 2.45) is 0 Å². The van der Waals surface area contributed by atoms with Crippen LogP contribution in [0.2, 0.25) is 0 Å². The Labute approximate surface area is 75.4 Å². The van der Waals surface area contributed by atoms with Gasteiger partial charge in [-0.2, -0.15) is 0 Å². The highest BCUT2D eigenvalue weighted by Gasteiger charge is 2.14. The molecule has 3 heteroatoms. The van der Waals surface area contributed by atoms with E-state index in [1.807, 2.05) is 19.0 Å². The summed E-state index contributed by atoms with van der Waals surface area (Å²) in [4.78, 5) is 0. The molecule has 0 aromatic carbocycles.